The van der Waals surface area contributed by atoms with Crippen LogP contribution >= 0.6 is 0 Å². The molecule has 1 N–H and O–H groups in total. The van der Waals surface area contributed by atoms with Gasteiger partial charge in [0.05, 0.1) is 17.6 Å². The molecule has 7 heteroatoms. The smallest absolute Gasteiger partial charge is 0.255 e. The van der Waals surface area contributed by atoms with Gasteiger partial charge in [-0.1, -0.05) is 23.8 Å². The van der Waals surface area contributed by atoms with Gasteiger partial charge in [-0.2, -0.15) is 4.31 Å². The van der Waals surface area contributed by atoms with Gasteiger partial charge >= 0.3 is 0 Å². The minimum Gasteiger partial charge on any atom is -0.496 e. The second-order valence-electron chi connectivity index (χ2n) is 6.65. The summed E-state index contributed by atoms with van der Waals surface area (Å²) in [6.07, 6.45) is 0. The van der Waals surface area contributed by atoms with E-state index in [-0.39, 0.29) is 23.4 Å². The van der Waals surface area contributed by atoms with E-state index < -0.39 is 10.0 Å². The fourth-order valence-electron chi connectivity index (χ4n) is 2.50. The number of carbonyl (C=O) groups is 1. The summed E-state index contributed by atoms with van der Waals surface area (Å²) in [7, 11) is -0.432. The van der Waals surface area contributed by atoms with Gasteiger partial charge in [-0.15, -0.1) is 0 Å². The third kappa shape index (κ3) is 4.87. The number of ether oxygens (including phenoxy) is 1. The van der Waals surface area contributed by atoms with Crippen molar-refractivity contribution in [2.45, 2.75) is 38.3 Å². The number of nitrogens with one attached hydrogen (secondary N) is 1. The lowest BCUT2D eigenvalue weighted by molar-refractivity contribution is 0.0947. The molecule has 0 unspecified atom stereocenters. The molecule has 0 saturated heterocycles. The SMILES string of the molecule is COc1ccc(C)cc1C(=O)NCc1ccc(S(=O)(=O)N(C)C(C)C)cc1. The van der Waals surface area contributed by atoms with Gasteiger partial charge in [0, 0.05) is 19.6 Å². The number of rotatable bonds is 7. The van der Waals surface area contributed by atoms with E-state index in [1.165, 1.54) is 11.4 Å². The first-order valence-corrected chi connectivity index (χ1v) is 10.1. The van der Waals surface area contributed by atoms with Crippen LogP contribution in [0.3, 0.4) is 0 Å². The Morgan fingerprint density at radius 2 is 1.78 bits per heavy atom. The lowest BCUT2D eigenvalue weighted by Gasteiger charge is -2.21. The molecule has 0 aromatic heterocycles. The Kier molecular flexibility index (Phi) is 6.62. The molecule has 0 bridgehead atoms. The van der Waals surface area contributed by atoms with Crippen LogP contribution in [0.25, 0.3) is 0 Å². The topological polar surface area (TPSA) is 75.7 Å². The molecule has 2 aromatic rings. The first kappa shape index (κ1) is 20.9. The van der Waals surface area contributed by atoms with E-state index in [2.05, 4.69) is 5.32 Å². The highest BCUT2D eigenvalue weighted by Crippen LogP contribution is 2.20. The van der Waals surface area contributed by atoms with Crippen molar-refractivity contribution in [1.82, 2.24) is 9.62 Å². The Hall–Kier alpha value is -2.38. The zero-order chi connectivity index (χ0) is 20.2. The summed E-state index contributed by atoms with van der Waals surface area (Å²) in [6, 6.07) is 11.8. The molecule has 2 rings (SSSR count). The van der Waals surface area contributed by atoms with Crippen LogP contribution in [0.5, 0.6) is 5.75 Å². The average Bonchev–Trinajstić information content (AvgIpc) is 2.65. The zero-order valence-corrected chi connectivity index (χ0v) is 17.1. The Labute approximate surface area is 161 Å². The fraction of sp³-hybridized carbons (Fsp3) is 0.350. The van der Waals surface area contributed by atoms with E-state index in [1.807, 2.05) is 26.8 Å². The minimum absolute atomic E-state index is 0.127. The van der Waals surface area contributed by atoms with Gasteiger partial charge in [0.15, 0.2) is 0 Å². The highest BCUT2D eigenvalue weighted by atomic mass is 32.2. The molecule has 146 valence electrons. The van der Waals surface area contributed by atoms with Crippen molar-refractivity contribution >= 4 is 15.9 Å². The third-order valence-corrected chi connectivity index (χ3v) is 6.43. The van der Waals surface area contributed by atoms with E-state index in [9.17, 15) is 13.2 Å². The highest BCUT2D eigenvalue weighted by Gasteiger charge is 2.22. The van der Waals surface area contributed by atoms with Gasteiger partial charge in [0.1, 0.15) is 5.75 Å². The summed E-state index contributed by atoms with van der Waals surface area (Å²) in [5, 5.41) is 2.84. The first-order valence-electron chi connectivity index (χ1n) is 8.66. The van der Waals surface area contributed by atoms with Crippen molar-refractivity contribution in [2.24, 2.45) is 0 Å². The number of sulfonamides is 1. The van der Waals surface area contributed by atoms with E-state index in [0.29, 0.717) is 11.3 Å². The Morgan fingerprint density at radius 3 is 2.33 bits per heavy atom. The molecule has 0 aliphatic carbocycles. The van der Waals surface area contributed by atoms with Crippen LogP contribution in [0.1, 0.15) is 35.3 Å². The molecule has 0 spiro atoms. The summed E-state index contributed by atoms with van der Waals surface area (Å²) in [5.74, 6) is 0.267. The summed E-state index contributed by atoms with van der Waals surface area (Å²) in [4.78, 5) is 12.7. The largest absolute Gasteiger partial charge is 0.496 e. The summed E-state index contributed by atoms with van der Waals surface area (Å²) in [6.45, 7) is 5.84. The monoisotopic (exact) mass is 390 g/mol. The number of amides is 1. The maximum absolute atomic E-state index is 12.5. The predicted molar refractivity (Wildman–Crippen MR) is 105 cm³/mol. The van der Waals surface area contributed by atoms with Crippen molar-refractivity contribution in [1.29, 1.82) is 0 Å². The van der Waals surface area contributed by atoms with Crippen LogP contribution < -0.4 is 10.1 Å². The standard InChI is InChI=1S/C20H26N2O4S/c1-14(2)22(4)27(24,25)17-9-7-16(8-10-17)13-21-20(23)18-12-15(3)6-11-19(18)26-5/h6-12,14H,13H2,1-5H3,(H,21,23). The minimum atomic E-state index is -3.51. The second-order valence-corrected chi connectivity index (χ2v) is 8.64. The van der Waals surface area contributed by atoms with Gasteiger partial charge in [-0.3, -0.25) is 4.79 Å². The van der Waals surface area contributed by atoms with Crippen molar-refractivity contribution in [3.05, 3.63) is 59.2 Å². The van der Waals surface area contributed by atoms with E-state index in [0.717, 1.165) is 11.1 Å². The molecule has 27 heavy (non-hydrogen) atoms. The van der Waals surface area contributed by atoms with E-state index in [4.69, 9.17) is 4.74 Å². The normalized spacial score (nSPS) is 11.7. The fourth-order valence-corrected chi connectivity index (χ4v) is 3.87. The van der Waals surface area contributed by atoms with E-state index in [1.54, 1.807) is 43.4 Å². The molecule has 0 heterocycles. The molecule has 0 radical (unpaired) electrons. The second kappa shape index (κ2) is 8.54. The molecular formula is C20H26N2O4S. The number of benzene rings is 2. The zero-order valence-electron chi connectivity index (χ0n) is 16.3. The van der Waals surface area contributed by atoms with Crippen molar-refractivity contribution in [3.8, 4) is 5.75 Å². The number of hydrogen-bond acceptors (Lipinski definition) is 4. The first-order chi connectivity index (χ1) is 12.7. The van der Waals surface area contributed by atoms with E-state index >= 15 is 0 Å². The summed E-state index contributed by atoms with van der Waals surface area (Å²) in [5.41, 5.74) is 2.24. The van der Waals surface area contributed by atoms with Gasteiger partial charge in [-0.25, -0.2) is 8.42 Å². The van der Waals surface area contributed by atoms with Crippen LogP contribution in [-0.2, 0) is 16.6 Å². The maximum atomic E-state index is 12.5. The maximum Gasteiger partial charge on any atom is 0.255 e. The quantitative estimate of drug-likeness (QED) is 0.789. The number of aryl methyl sites for hydroxylation is 1. The van der Waals surface area contributed by atoms with Crippen LogP contribution in [0.2, 0.25) is 0 Å². The molecular weight excluding hydrogens is 364 g/mol. The van der Waals surface area contributed by atoms with Crippen molar-refractivity contribution in [2.75, 3.05) is 14.2 Å². The molecule has 2 aromatic carbocycles. The average molecular weight is 391 g/mol. The summed E-state index contributed by atoms with van der Waals surface area (Å²) >= 11 is 0. The Balaban J connectivity index is 2.10. The Bertz CT molecular complexity index is 906. The molecule has 0 aliphatic rings. The number of methoxy groups -OCH3 is 1. The highest BCUT2D eigenvalue weighted by molar-refractivity contribution is 7.89. The van der Waals surface area contributed by atoms with Crippen molar-refractivity contribution in [3.63, 3.8) is 0 Å². The Morgan fingerprint density at radius 1 is 1.15 bits per heavy atom. The molecule has 0 fully saturated rings. The molecule has 0 saturated carbocycles. The summed E-state index contributed by atoms with van der Waals surface area (Å²) < 4.78 is 31.5. The van der Waals surface area contributed by atoms with Crippen LogP contribution in [0.15, 0.2) is 47.4 Å². The molecule has 0 aliphatic heterocycles. The lowest BCUT2D eigenvalue weighted by Crippen LogP contribution is -2.33. The van der Waals surface area contributed by atoms with Gasteiger partial charge < -0.3 is 10.1 Å². The number of hydrogen-bond donors (Lipinski definition) is 1. The van der Waals surface area contributed by atoms with Crippen molar-refractivity contribution < 1.29 is 17.9 Å². The van der Waals surface area contributed by atoms with Crippen LogP contribution in [0.4, 0.5) is 0 Å². The number of nitrogens with zero attached hydrogens (tertiary/aromatic N) is 1. The third-order valence-electron chi connectivity index (χ3n) is 4.38. The van der Waals surface area contributed by atoms with Gasteiger partial charge in [0.2, 0.25) is 10.0 Å². The molecule has 0 atom stereocenters. The van der Waals surface area contributed by atoms with Gasteiger partial charge in [0.25, 0.3) is 5.91 Å². The predicted octanol–water partition coefficient (Wildman–Crippen LogP) is 2.96. The lowest BCUT2D eigenvalue weighted by atomic mass is 10.1. The van der Waals surface area contributed by atoms with Gasteiger partial charge in [-0.05, 0) is 50.6 Å². The van der Waals surface area contributed by atoms with Crippen LogP contribution in [-0.4, -0.2) is 38.8 Å². The molecule has 6 nitrogen and oxygen atoms in total. The molecule has 1 amide bonds. The number of carbonyl (C=O) groups excluding carboxylic acids is 1. The van der Waals surface area contributed by atoms with Crippen LogP contribution in [0, 0.1) is 6.92 Å².